The molecule has 4 aromatic heterocycles. The van der Waals surface area contributed by atoms with Gasteiger partial charge in [-0.2, -0.15) is 18.9 Å². The molecule has 1 radical (unpaired) electrons. The summed E-state index contributed by atoms with van der Waals surface area (Å²) in [5.41, 5.74) is 3.66. The van der Waals surface area contributed by atoms with Gasteiger partial charge in [-0.1, -0.05) is 0 Å². The van der Waals surface area contributed by atoms with Gasteiger partial charge in [0.05, 0.1) is 10.2 Å². The Kier molecular flexibility index (Phi) is 26.2. The van der Waals surface area contributed by atoms with E-state index in [4.69, 9.17) is 30.6 Å². The van der Waals surface area contributed by atoms with Crippen molar-refractivity contribution in [1.82, 2.24) is 0 Å². The van der Waals surface area contributed by atoms with Crippen molar-refractivity contribution in [1.29, 1.82) is 0 Å². The number of hydrogen-bond donors (Lipinski definition) is 0. The summed E-state index contributed by atoms with van der Waals surface area (Å²) in [6, 6.07) is 13.6. The van der Waals surface area contributed by atoms with Crippen LogP contribution in [-0.4, -0.2) is 10.2 Å². The molecule has 0 aromatic carbocycles. The minimum absolute atomic E-state index is 0. The van der Waals surface area contributed by atoms with Gasteiger partial charge < -0.3 is 73.4 Å². The predicted octanol–water partition coefficient (Wildman–Crippen LogP) is -2.93. The molecule has 12 N–H and O–H groups in total. The Morgan fingerprint density at radius 2 is 0.488 bits per heavy atom. The topological polar surface area (TPSA) is 372 Å². The molecule has 4 heterocycles. The van der Waals surface area contributed by atoms with Crippen molar-refractivity contribution in [2.24, 2.45) is 0 Å². The first-order valence-electron chi connectivity index (χ1n) is 9.37. The fourth-order valence-electron chi connectivity index (χ4n) is 2.42. The SMILES string of the molecule is O=[N+]([O-])[O-].O=[N+]([O-])[O-].[Co+2].[O-][n+]1ccc(-c2cc[n+]([O-])cc2)cc1.[O-][n+]1ccc(-c2cc[n+]([O-])cc2)cc1.[OH3+].[OH3+].[OH3+].[OH3+]. The maximum Gasteiger partial charge on any atom is 2.00 e. The first-order valence-corrected chi connectivity index (χ1v) is 9.37. The molecule has 0 bridgehead atoms. The molecule has 0 fully saturated rings. The van der Waals surface area contributed by atoms with Crippen molar-refractivity contribution >= 4 is 0 Å². The Labute approximate surface area is 239 Å². The third kappa shape index (κ3) is 20.2. The van der Waals surface area contributed by atoms with Crippen LogP contribution in [0.1, 0.15) is 0 Å². The fourth-order valence-corrected chi connectivity index (χ4v) is 2.42. The van der Waals surface area contributed by atoms with E-state index in [1.54, 1.807) is 48.5 Å². The molecule has 21 heteroatoms. The van der Waals surface area contributed by atoms with Gasteiger partial charge in [-0.15, -0.1) is 0 Å². The van der Waals surface area contributed by atoms with Crippen molar-refractivity contribution in [2.45, 2.75) is 0 Å². The van der Waals surface area contributed by atoms with Crippen molar-refractivity contribution < 1.29 is 67.8 Å². The number of pyridine rings is 4. The summed E-state index contributed by atoms with van der Waals surface area (Å²) in [4.78, 5) is 16.5. The van der Waals surface area contributed by atoms with Crippen LogP contribution in [0.3, 0.4) is 0 Å². The summed E-state index contributed by atoms with van der Waals surface area (Å²) >= 11 is 0. The summed E-state index contributed by atoms with van der Waals surface area (Å²) in [6.07, 6.45) is 11.4. The van der Waals surface area contributed by atoms with Crippen LogP contribution >= 0.6 is 0 Å². The van der Waals surface area contributed by atoms with Crippen molar-refractivity contribution in [2.75, 3.05) is 0 Å². The molecule has 0 saturated carbocycles. The van der Waals surface area contributed by atoms with Gasteiger partial charge >= 0.3 is 16.8 Å². The van der Waals surface area contributed by atoms with Crippen LogP contribution in [0.4, 0.5) is 0 Å². The normalized spacial score (nSPS) is 8.00. The van der Waals surface area contributed by atoms with Gasteiger partial charge in [-0.3, -0.25) is 0 Å². The number of aromatic nitrogens is 4. The standard InChI is InChI=1S/2C10H8N2O2.Co.2NO3.4H2O/c2*13-11-5-1-9(2-6-11)10-3-7-12(14)8-4-10;;2*2-1(3)4;;;;/h2*1-8H;;;;4*1H2/q;;+2;2*-1;;;;/p+4. The van der Waals surface area contributed by atoms with E-state index < -0.39 is 10.2 Å². The Morgan fingerprint density at radius 1 is 0.390 bits per heavy atom. The minimum atomic E-state index is -1.75. The fraction of sp³-hybridized carbons (Fsp3) is 0. The molecular formula is C20H28CoN6O14+4. The second-order valence-corrected chi connectivity index (χ2v) is 6.23. The number of hydrogen-bond acceptors (Lipinski definition) is 10. The zero-order valence-corrected chi connectivity index (χ0v) is 21.7. The van der Waals surface area contributed by atoms with E-state index in [-0.39, 0.29) is 38.7 Å². The molecule has 0 atom stereocenters. The first kappa shape index (κ1) is 45.5. The van der Waals surface area contributed by atoms with Crippen molar-refractivity contribution in [3.63, 3.8) is 0 Å². The third-order valence-electron chi connectivity index (χ3n) is 3.87. The largest absolute Gasteiger partial charge is 2.00 e. The summed E-state index contributed by atoms with van der Waals surface area (Å²) < 4.78 is 2.89. The van der Waals surface area contributed by atoms with Gasteiger partial charge in [-0.05, 0) is 22.3 Å². The Hall–Kier alpha value is -5.45. The Balaban J connectivity index is -0.000000153. The molecule has 0 unspecified atom stereocenters. The van der Waals surface area contributed by atoms with Crippen LogP contribution in [-0.2, 0) is 38.7 Å². The second-order valence-electron chi connectivity index (χ2n) is 6.23. The average molecular weight is 635 g/mol. The van der Waals surface area contributed by atoms with Crippen LogP contribution in [0.15, 0.2) is 98.1 Å². The van der Waals surface area contributed by atoms with E-state index in [2.05, 4.69) is 0 Å². The molecule has 0 aliphatic carbocycles. The molecule has 4 rings (SSSR count). The van der Waals surface area contributed by atoms with Gasteiger partial charge in [0.2, 0.25) is 0 Å². The quantitative estimate of drug-likeness (QED) is 0.0709. The molecular weight excluding hydrogens is 607 g/mol. The van der Waals surface area contributed by atoms with E-state index in [1.807, 2.05) is 0 Å². The van der Waals surface area contributed by atoms with Crippen LogP contribution in [0.25, 0.3) is 22.3 Å². The zero-order valence-electron chi connectivity index (χ0n) is 20.6. The summed E-state index contributed by atoms with van der Waals surface area (Å²) in [5, 5.41) is 72.6. The number of nitrogens with zero attached hydrogens (tertiary/aromatic N) is 6. The van der Waals surface area contributed by atoms with Gasteiger partial charge in [0.1, 0.15) is 0 Å². The molecule has 0 aliphatic heterocycles. The van der Waals surface area contributed by atoms with Gasteiger partial charge in [-0.25, -0.2) is 0 Å². The van der Waals surface area contributed by atoms with Crippen LogP contribution in [0, 0.1) is 51.5 Å². The van der Waals surface area contributed by atoms with Gasteiger partial charge in [0, 0.05) is 48.5 Å². The molecule has 0 saturated heterocycles. The average Bonchev–Trinajstić information content (AvgIpc) is 2.81. The summed E-state index contributed by atoms with van der Waals surface area (Å²) in [7, 11) is 0. The molecule has 227 valence electrons. The smallest absolute Gasteiger partial charge is 0.619 e. The number of rotatable bonds is 2. The van der Waals surface area contributed by atoms with E-state index in [9.17, 15) is 20.8 Å². The van der Waals surface area contributed by atoms with Crippen LogP contribution in [0.2, 0.25) is 0 Å². The summed E-state index contributed by atoms with van der Waals surface area (Å²) in [6.45, 7) is 0. The van der Waals surface area contributed by atoms with Gasteiger partial charge in [0.15, 0.2) is 49.6 Å². The van der Waals surface area contributed by atoms with E-state index >= 15 is 0 Å². The monoisotopic (exact) mass is 635 g/mol. The predicted molar refractivity (Wildman–Crippen MR) is 140 cm³/mol. The molecule has 4 aromatic rings. The maximum absolute atomic E-state index is 10.8. The minimum Gasteiger partial charge on any atom is -0.619 e. The molecule has 0 amide bonds. The van der Waals surface area contributed by atoms with E-state index in [1.165, 1.54) is 49.6 Å². The van der Waals surface area contributed by atoms with Gasteiger partial charge in [0.25, 0.3) is 0 Å². The van der Waals surface area contributed by atoms with Crippen molar-refractivity contribution in [3.8, 4) is 22.3 Å². The molecule has 0 spiro atoms. The van der Waals surface area contributed by atoms with Crippen LogP contribution in [0.5, 0.6) is 0 Å². The Morgan fingerprint density at radius 3 is 0.585 bits per heavy atom. The van der Waals surface area contributed by atoms with E-state index in [0.717, 1.165) is 41.2 Å². The Bertz CT molecular complexity index is 1040. The second kappa shape index (κ2) is 23.6. The zero-order chi connectivity index (χ0) is 27.1. The molecule has 41 heavy (non-hydrogen) atoms. The van der Waals surface area contributed by atoms with Crippen LogP contribution < -0.4 is 18.9 Å². The van der Waals surface area contributed by atoms with Crippen molar-refractivity contribution in [3.05, 3.63) is 150 Å². The third-order valence-corrected chi connectivity index (χ3v) is 3.87. The molecule has 20 nitrogen and oxygen atoms in total. The first-order chi connectivity index (χ1) is 17.0. The molecule has 0 aliphatic rings. The maximum atomic E-state index is 10.8. The summed E-state index contributed by atoms with van der Waals surface area (Å²) in [5.74, 6) is 0. The van der Waals surface area contributed by atoms with E-state index in [0.29, 0.717) is 0 Å².